The molecule has 0 amide bonds. The summed E-state index contributed by atoms with van der Waals surface area (Å²) in [7, 11) is 0. The molecular weight excluding hydrogens is 310 g/mol. The molecule has 0 saturated carbocycles. The van der Waals surface area contributed by atoms with Gasteiger partial charge in [-0.2, -0.15) is 5.10 Å². The van der Waals surface area contributed by atoms with Crippen LogP contribution in [0.5, 0.6) is 0 Å². The zero-order valence-electron chi connectivity index (χ0n) is 13.4. The highest BCUT2D eigenvalue weighted by atomic mass is 32.1. The molecule has 0 radical (unpaired) electrons. The van der Waals surface area contributed by atoms with Crippen LogP contribution in [0.3, 0.4) is 0 Å². The zero-order chi connectivity index (χ0) is 16.4. The van der Waals surface area contributed by atoms with Crippen LogP contribution in [0.4, 0.5) is 10.9 Å². The van der Waals surface area contributed by atoms with Crippen molar-refractivity contribution in [2.45, 2.75) is 20.8 Å². The van der Waals surface area contributed by atoms with Crippen LogP contribution in [-0.4, -0.2) is 38.2 Å². The average Bonchev–Trinajstić information content (AvgIpc) is 3.15. The van der Waals surface area contributed by atoms with Crippen molar-refractivity contribution in [3.63, 3.8) is 0 Å². The standard InChI is InChI=1S/C15H19N7S/c1-4-22(5-2)14-10(8-18-21-14)11-12(23-15(16)20-11)13-17-7-6-9(3)19-13/h6-8H,4-5H2,1-3H3,(H2,16,20)(H,18,21). The highest BCUT2D eigenvalue weighted by Gasteiger charge is 2.21. The predicted octanol–water partition coefficient (Wildman–Crippen LogP) is 2.73. The summed E-state index contributed by atoms with van der Waals surface area (Å²) in [6, 6.07) is 1.87. The Hall–Kier alpha value is -2.48. The van der Waals surface area contributed by atoms with Crippen LogP contribution in [0.1, 0.15) is 19.5 Å². The van der Waals surface area contributed by atoms with E-state index in [0.717, 1.165) is 40.7 Å². The van der Waals surface area contributed by atoms with E-state index < -0.39 is 0 Å². The number of anilines is 2. The Kier molecular flexibility index (Phi) is 4.24. The van der Waals surface area contributed by atoms with Gasteiger partial charge in [-0.3, -0.25) is 5.10 Å². The number of hydrogen-bond donors (Lipinski definition) is 2. The second-order valence-electron chi connectivity index (χ2n) is 5.06. The van der Waals surface area contributed by atoms with Crippen molar-refractivity contribution in [3.8, 4) is 22.0 Å². The van der Waals surface area contributed by atoms with Crippen molar-refractivity contribution in [1.82, 2.24) is 25.1 Å². The maximum Gasteiger partial charge on any atom is 0.181 e. The van der Waals surface area contributed by atoms with E-state index in [2.05, 4.69) is 43.9 Å². The van der Waals surface area contributed by atoms with Gasteiger partial charge in [0.05, 0.1) is 17.5 Å². The molecule has 0 aliphatic rings. The van der Waals surface area contributed by atoms with Gasteiger partial charge in [-0.1, -0.05) is 11.3 Å². The Bertz CT molecular complexity index is 804. The first-order chi connectivity index (χ1) is 11.1. The number of nitrogens with zero attached hydrogens (tertiary/aromatic N) is 5. The third-order valence-corrected chi connectivity index (χ3v) is 4.48. The molecule has 0 saturated heterocycles. The largest absolute Gasteiger partial charge is 0.375 e. The van der Waals surface area contributed by atoms with Crippen LogP contribution in [0.2, 0.25) is 0 Å². The summed E-state index contributed by atoms with van der Waals surface area (Å²) in [5.41, 5.74) is 8.56. The minimum Gasteiger partial charge on any atom is -0.375 e. The fourth-order valence-electron chi connectivity index (χ4n) is 2.46. The third-order valence-electron chi connectivity index (χ3n) is 3.60. The van der Waals surface area contributed by atoms with Gasteiger partial charge in [0.2, 0.25) is 0 Å². The van der Waals surface area contributed by atoms with Crippen molar-refractivity contribution in [2.24, 2.45) is 0 Å². The van der Waals surface area contributed by atoms with Crippen LogP contribution in [0, 0.1) is 6.92 Å². The molecular formula is C15H19N7S. The highest BCUT2D eigenvalue weighted by Crippen LogP contribution is 2.39. The zero-order valence-corrected chi connectivity index (χ0v) is 14.2. The Labute approximate surface area is 138 Å². The molecule has 7 nitrogen and oxygen atoms in total. The summed E-state index contributed by atoms with van der Waals surface area (Å²) in [4.78, 5) is 16.4. The Morgan fingerprint density at radius 2 is 2.04 bits per heavy atom. The molecule has 0 fully saturated rings. The Morgan fingerprint density at radius 3 is 2.74 bits per heavy atom. The van der Waals surface area contributed by atoms with Crippen LogP contribution >= 0.6 is 11.3 Å². The van der Waals surface area contributed by atoms with Crippen LogP contribution in [0.25, 0.3) is 22.0 Å². The molecule has 0 aliphatic heterocycles. The lowest BCUT2D eigenvalue weighted by atomic mass is 10.2. The number of nitrogens with two attached hydrogens (primary N) is 1. The van der Waals surface area contributed by atoms with E-state index in [1.807, 2.05) is 13.0 Å². The van der Waals surface area contributed by atoms with Crippen molar-refractivity contribution >= 4 is 22.3 Å². The lowest BCUT2D eigenvalue weighted by molar-refractivity contribution is 0.840. The molecule has 0 atom stereocenters. The molecule has 23 heavy (non-hydrogen) atoms. The molecule has 0 aromatic carbocycles. The average molecular weight is 329 g/mol. The number of aryl methyl sites for hydroxylation is 1. The number of rotatable bonds is 5. The smallest absolute Gasteiger partial charge is 0.181 e. The van der Waals surface area contributed by atoms with E-state index in [0.29, 0.717) is 11.0 Å². The highest BCUT2D eigenvalue weighted by molar-refractivity contribution is 7.19. The van der Waals surface area contributed by atoms with Gasteiger partial charge in [0.1, 0.15) is 10.7 Å². The summed E-state index contributed by atoms with van der Waals surface area (Å²) in [5, 5.41) is 7.75. The van der Waals surface area contributed by atoms with E-state index in [-0.39, 0.29) is 0 Å². The third kappa shape index (κ3) is 2.89. The number of H-pyrrole nitrogens is 1. The lowest BCUT2D eigenvalue weighted by Gasteiger charge is -2.20. The lowest BCUT2D eigenvalue weighted by Crippen LogP contribution is -2.22. The normalized spacial score (nSPS) is 10.9. The number of thiazole rings is 1. The van der Waals surface area contributed by atoms with Crippen molar-refractivity contribution in [2.75, 3.05) is 23.7 Å². The van der Waals surface area contributed by atoms with Crippen LogP contribution < -0.4 is 10.6 Å². The minimum absolute atomic E-state index is 0.492. The molecule has 0 bridgehead atoms. The summed E-state index contributed by atoms with van der Waals surface area (Å²) in [6.45, 7) is 7.90. The van der Waals surface area contributed by atoms with E-state index >= 15 is 0 Å². The van der Waals surface area contributed by atoms with Crippen molar-refractivity contribution in [3.05, 3.63) is 24.2 Å². The fraction of sp³-hybridized carbons (Fsp3) is 0.333. The molecule has 3 rings (SSSR count). The Balaban J connectivity index is 2.14. The topological polar surface area (TPSA) is 96.6 Å². The first-order valence-electron chi connectivity index (χ1n) is 7.49. The van der Waals surface area contributed by atoms with Gasteiger partial charge in [-0.15, -0.1) is 0 Å². The molecule has 8 heteroatoms. The summed E-state index contributed by atoms with van der Waals surface area (Å²) >= 11 is 1.39. The first-order valence-corrected chi connectivity index (χ1v) is 8.30. The van der Waals surface area contributed by atoms with Crippen molar-refractivity contribution < 1.29 is 0 Å². The van der Waals surface area contributed by atoms with Crippen LogP contribution in [0.15, 0.2) is 18.5 Å². The molecule has 0 spiro atoms. The maximum atomic E-state index is 5.96. The summed E-state index contributed by atoms with van der Waals surface area (Å²) in [6.07, 6.45) is 3.53. The number of nitrogens with one attached hydrogen (secondary N) is 1. The molecule has 3 heterocycles. The van der Waals surface area contributed by atoms with E-state index in [4.69, 9.17) is 5.73 Å². The molecule has 0 aliphatic carbocycles. The van der Waals surface area contributed by atoms with Gasteiger partial charge in [0.25, 0.3) is 0 Å². The van der Waals surface area contributed by atoms with E-state index in [1.54, 1.807) is 12.4 Å². The fourth-order valence-corrected chi connectivity index (χ4v) is 3.25. The van der Waals surface area contributed by atoms with Gasteiger partial charge < -0.3 is 10.6 Å². The number of nitrogen functional groups attached to an aromatic ring is 1. The van der Waals surface area contributed by atoms with Gasteiger partial charge in [0.15, 0.2) is 11.0 Å². The summed E-state index contributed by atoms with van der Waals surface area (Å²) < 4.78 is 0. The molecule has 3 aromatic rings. The minimum atomic E-state index is 0.492. The van der Waals surface area contributed by atoms with Gasteiger partial charge in [0, 0.05) is 25.0 Å². The molecule has 3 aromatic heterocycles. The van der Waals surface area contributed by atoms with Gasteiger partial charge >= 0.3 is 0 Å². The monoisotopic (exact) mass is 329 g/mol. The number of aromatic nitrogens is 5. The second-order valence-corrected chi connectivity index (χ2v) is 6.09. The summed E-state index contributed by atoms with van der Waals surface area (Å²) in [5.74, 6) is 1.58. The van der Waals surface area contributed by atoms with E-state index in [9.17, 15) is 0 Å². The maximum absolute atomic E-state index is 5.96. The molecule has 120 valence electrons. The number of hydrogen-bond acceptors (Lipinski definition) is 7. The van der Waals surface area contributed by atoms with Gasteiger partial charge in [-0.05, 0) is 26.8 Å². The molecule has 3 N–H and O–H groups in total. The molecule has 0 unspecified atom stereocenters. The Morgan fingerprint density at radius 1 is 1.26 bits per heavy atom. The van der Waals surface area contributed by atoms with E-state index in [1.165, 1.54) is 11.3 Å². The van der Waals surface area contributed by atoms with Crippen molar-refractivity contribution in [1.29, 1.82) is 0 Å². The quantitative estimate of drug-likeness (QED) is 0.747. The number of aromatic amines is 1. The van der Waals surface area contributed by atoms with Crippen LogP contribution in [-0.2, 0) is 0 Å². The van der Waals surface area contributed by atoms with Gasteiger partial charge in [-0.25, -0.2) is 15.0 Å². The first kappa shape index (κ1) is 15.4. The second kappa shape index (κ2) is 6.33. The SMILES string of the molecule is CCN(CC)c1[nH]ncc1-c1nc(N)sc1-c1nccc(C)n1. The predicted molar refractivity (Wildman–Crippen MR) is 93.4 cm³/mol.